The van der Waals surface area contributed by atoms with Crippen molar-refractivity contribution >= 4 is 5.91 Å². The molecule has 4 nitrogen and oxygen atoms in total. The van der Waals surface area contributed by atoms with E-state index in [2.05, 4.69) is 5.32 Å². The lowest BCUT2D eigenvalue weighted by Gasteiger charge is -2.07. The molecule has 0 saturated carbocycles. The Morgan fingerprint density at radius 3 is 3.21 bits per heavy atom. The third-order valence-electron chi connectivity index (χ3n) is 2.32. The maximum absolute atomic E-state index is 11.4. The SMILES string of the molecule is O=C(NCC1CCOC1)c1ccco1. The van der Waals surface area contributed by atoms with Crippen LogP contribution in [0.2, 0.25) is 0 Å². The molecule has 1 fully saturated rings. The van der Waals surface area contributed by atoms with Crippen LogP contribution in [-0.2, 0) is 4.74 Å². The first kappa shape index (κ1) is 9.27. The second-order valence-corrected chi connectivity index (χ2v) is 3.42. The van der Waals surface area contributed by atoms with Gasteiger partial charge in [-0.05, 0) is 18.6 Å². The van der Waals surface area contributed by atoms with E-state index in [0.29, 0.717) is 18.2 Å². The number of carbonyl (C=O) groups is 1. The lowest BCUT2D eigenvalue weighted by atomic mass is 10.1. The zero-order valence-corrected chi connectivity index (χ0v) is 7.86. The molecule has 0 radical (unpaired) electrons. The van der Waals surface area contributed by atoms with E-state index in [0.717, 1.165) is 19.6 Å². The fraction of sp³-hybridized carbons (Fsp3) is 0.500. The normalized spacial score (nSPS) is 21.0. The highest BCUT2D eigenvalue weighted by Gasteiger charge is 2.17. The lowest BCUT2D eigenvalue weighted by Crippen LogP contribution is -2.29. The summed E-state index contributed by atoms with van der Waals surface area (Å²) in [5.74, 6) is 0.666. The maximum atomic E-state index is 11.4. The molecule has 1 amide bonds. The van der Waals surface area contributed by atoms with Crippen LogP contribution in [0.3, 0.4) is 0 Å². The van der Waals surface area contributed by atoms with Crippen molar-refractivity contribution < 1.29 is 13.9 Å². The molecule has 1 unspecified atom stereocenters. The molecule has 1 aliphatic heterocycles. The van der Waals surface area contributed by atoms with Crippen molar-refractivity contribution in [3.8, 4) is 0 Å². The summed E-state index contributed by atoms with van der Waals surface area (Å²) in [5, 5.41) is 2.81. The van der Waals surface area contributed by atoms with Crippen molar-refractivity contribution in [2.45, 2.75) is 6.42 Å². The van der Waals surface area contributed by atoms with Gasteiger partial charge in [0.25, 0.3) is 5.91 Å². The molecule has 1 aromatic heterocycles. The zero-order valence-electron chi connectivity index (χ0n) is 7.86. The van der Waals surface area contributed by atoms with Crippen LogP contribution in [-0.4, -0.2) is 25.7 Å². The summed E-state index contributed by atoms with van der Waals surface area (Å²) in [6.07, 6.45) is 2.52. The van der Waals surface area contributed by atoms with E-state index in [1.807, 2.05) is 0 Å². The van der Waals surface area contributed by atoms with Gasteiger partial charge >= 0.3 is 0 Å². The van der Waals surface area contributed by atoms with E-state index < -0.39 is 0 Å². The number of ether oxygens (including phenoxy) is 1. The quantitative estimate of drug-likeness (QED) is 0.784. The molecular weight excluding hydrogens is 182 g/mol. The highest BCUT2D eigenvalue weighted by atomic mass is 16.5. The molecule has 1 aromatic rings. The molecule has 4 heteroatoms. The summed E-state index contributed by atoms with van der Waals surface area (Å²) in [4.78, 5) is 11.4. The van der Waals surface area contributed by atoms with E-state index >= 15 is 0 Å². The highest BCUT2D eigenvalue weighted by molar-refractivity contribution is 5.91. The van der Waals surface area contributed by atoms with Crippen LogP contribution in [0.4, 0.5) is 0 Å². The topological polar surface area (TPSA) is 51.5 Å². The Hall–Kier alpha value is -1.29. The third-order valence-corrected chi connectivity index (χ3v) is 2.32. The van der Waals surface area contributed by atoms with Crippen LogP contribution in [0.5, 0.6) is 0 Å². The molecule has 1 N–H and O–H groups in total. The smallest absolute Gasteiger partial charge is 0.286 e. The van der Waals surface area contributed by atoms with Crippen LogP contribution >= 0.6 is 0 Å². The predicted octanol–water partition coefficient (Wildman–Crippen LogP) is 1.05. The molecule has 0 bridgehead atoms. The standard InChI is InChI=1S/C10H13NO3/c12-10(9-2-1-4-14-9)11-6-8-3-5-13-7-8/h1-2,4,8H,3,5-7H2,(H,11,12). The lowest BCUT2D eigenvalue weighted by molar-refractivity contribution is 0.0917. The van der Waals surface area contributed by atoms with Crippen molar-refractivity contribution in [2.24, 2.45) is 5.92 Å². The Balaban J connectivity index is 1.78. The minimum atomic E-state index is -0.151. The molecule has 1 saturated heterocycles. The van der Waals surface area contributed by atoms with E-state index in [1.54, 1.807) is 12.1 Å². The van der Waals surface area contributed by atoms with Crippen molar-refractivity contribution in [2.75, 3.05) is 19.8 Å². The van der Waals surface area contributed by atoms with E-state index in [-0.39, 0.29) is 5.91 Å². The predicted molar refractivity (Wildman–Crippen MR) is 50.0 cm³/mol. The Kier molecular flexibility index (Phi) is 2.84. The van der Waals surface area contributed by atoms with Gasteiger partial charge in [-0.15, -0.1) is 0 Å². The second-order valence-electron chi connectivity index (χ2n) is 3.42. The van der Waals surface area contributed by atoms with Gasteiger partial charge < -0.3 is 14.5 Å². The molecule has 76 valence electrons. The van der Waals surface area contributed by atoms with E-state index in [4.69, 9.17) is 9.15 Å². The van der Waals surface area contributed by atoms with Crippen LogP contribution < -0.4 is 5.32 Å². The number of nitrogens with one attached hydrogen (secondary N) is 1. The molecule has 0 spiro atoms. The summed E-state index contributed by atoms with van der Waals surface area (Å²) in [6.45, 7) is 2.22. The number of hydrogen-bond donors (Lipinski definition) is 1. The van der Waals surface area contributed by atoms with Gasteiger partial charge in [-0.3, -0.25) is 4.79 Å². The van der Waals surface area contributed by atoms with Gasteiger partial charge in [-0.1, -0.05) is 0 Å². The number of amides is 1. The van der Waals surface area contributed by atoms with Gasteiger partial charge in [0.2, 0.25) is 0 Å². The second kappa shape index (κ2) is 4.28. The minimum absolute atomic E-state index is 0.151. The summed E-state index contributed by atoms with van der Waals surface area (Å²) in [5.41, 5.74) is 0. The van der Waals surface area contributed by atoms with Crippen LogP contribution in [0.25, 0.3) is 0 Å². The van der Waals surface area contributed by atoms with Crippen molar-refractivity contribution in [1.29, 1.82) is 0 Å². The van der Waals surface area contributed by atoms with Gasteiger partial charge in [0.15, 0.2) is 5.76 Å². The zero-order chi connectivity index (χ0) is 9.80. The van der Waals surface area contributed by atoms with Gasteiger partial charge in [0, 0.05) is 19.1 Å². The molecule has 2 heterocycles. The van der Waals surface area contributed by atoms with Crippen molar-refractivity contribution in [1.82, 2.24) is 5.32 Å². The van der Waals surface area contributed by atoms with E-state index in [9.17, 15) is 4.79 Å². The van der Waals surface area contributed by atoms with Gasteiger partial charge in [0.05, 0.1) is 12.9 Å². The Bertz CT molecular complexity index is 288. The molecule has 14 heavy (non-hydrogen) atoms. The first-order valence-corrected chi connectivity index (χ1v) is 4.75. The molecule has 2 rings (SSSR count). The molecule has 0 aliphatic carbocycles. The molecule has 1 atom stereocenters. The van der Waals surface area contributed by atoms with E-state index in [1.165, 1.54) is 6.26 Å². The Morgan fingerprint density at radius 2 is 2.57 bits per heavy atom. The molecule has 1 aliphatic rings. The number of rotatable bonds is 3. The third kappa shape index (κ3) is 2.14. The van der Waals surface area contributed by atoms with Gasteiger partial charge in [-0.25, -0.2) is 0 Å². The maximum Gasteiger partial charge on any atom is 0.286 e. The van der Waals surface area contributed by atoms with Crippen LogP contribution in [0.1, 0.15) is 17.0 Å². The first-order valence-electron chi connectivity index (χ1n) is 4.75. The fourth-order valence-corrected chi connectivity index (χ4v) is 1.48. The summed E-state index contributed by atoms with van der Waals surface area (Å²) in [6, 6.07) is 3.36. The summed E-state index contributed by atoms with van der Waals surface area (Å²) in [7, 11) is 0. The summed E-state index contributed by atoms with van der Waals surface area (Å²) >= 11 is 0. The first-order chi connectivity index (χ1) is 6.86. The van der Waals surface area contributed by atoms with Crippen molar-refractivity contribution in [3.05, 3.63) is 24.2 Å². The number of hydrogen-bond acceptors (Lipinski definition) is 3. The fourth-order valence-electron chi connectivity index (χ4n) is 1.48. The Morgan fingerprint density at radius 1 is 1.64 bits per heavy atom. The largest absolute Gasteiger partial charge is 0.459 e. The summed E-state index contributed by atoms with van der Waals surface area (Å²) < 4.78 is 10.2. The van der Waals surface area contributed by atoms with Gasteiger partial charge in [0.1, 0.15) is 0 Å². The van der Waals surface area contributed by atoms with Gasteiger partial charge in [-0.2, -0.15) is 0 Å². The number of furan rings is 1. The molecular formula is C10H13NO3. The highest BCUT2D eigenvalue weighted by Crippen LogP contribution is 2.10. The average molecular weight is 195 g/mol. The minimum Gasteiger partial charge on any atom is -0.459 e. The average Bonchev–Trinajstić information content (AvgIpc) is 2.87. The van der Waals surface area contributed by atoms with Crippen LogP contribution in [0.15, 0.2) is 22.8 Å². The Labute approximate surface area is 82.2 Å². The monoisotopic (exact) mass is 195 g/mol. The van der Waals surface area contributed by atoms with Crippen LogP contribution in [0, 0.1) is 5.92 Å². The number of carbonyl (C=O) groups excluding carboxylic acids is 1. The molecule has 0 aromatic carbocycles. The van der Waals surface area contributed by atoms with Crippen molar-refractivity contribution in [3.63, 3.8) is 0 Å².